The monoisotopic (exact) mass is 399 g/mol. The van der Waals surface area contributed by atoms with E-state index in [1.165, 1.54) is 0 Å². The van der Waals surface area contributed by atoms with Crippen LogP contribution in [0.5, 0.6) is 5.75 Å². The number of carbonyl (C=O) groups is 1. The van der Waals surface area contributed by atoms with E-state index in [0.29, 0.717) is 24.4 Å². The van der Waals surface area contributed by atoms with Gasteiger partial charge in [0.05, 0.1) is 0 Å². The summed E-state index contributed by atoms with van der Waals surface area (Å²) in [5.41, 5.74) is 8.80. The zero-order valence-electron chi connectivity index (χ0n) is 15.3. The number of benzene rings is 2. The van der Waals surface area contributed by atoms with Gasteiger partial charge in [-0.1, -0.05) is 24.3 Å². The summed E-state index contributed by atoms with van der Waals surface area (Å²) in [4.78, 5) is 14.5. The second-order valence-electron chi connectivity index (χ2n) is 6.02. The van der Waals surface area contributed by atoms with E-state index in [1.807, 2.05) is 51.4 Å². The molecular formula is C19H27Cl2N3O2. The van der Waals surface area contributed by atoms with Crippen LogP contribution in [0, 0.1) is 6.92 Å². The Morgan fingerprint density at radius 2 is 1.85 bits per heavy atom. The molecule has 7 heteroatoms. The molecule has 0 heterocycles. The average Bonchev–Trinajstić information content (AvgIpc) is 2.55. The summed E-state index contributed by atoms with van der Waals surface area (Å²) < 4.78 is 5.82. The fourth-order valence-electron chi connectivity index (χ4n) is 2.28. The molecule has 0 unspecified atom stereocenters. The Morgan fingerprint density at radius 1 is 1.15 bits per heavy atom. The first-order valence-corrected chi connectivity index (χ1v) is 7.97. The minimum absolute atomic E-state index is 0. The second-order valence-corrected chi connectivity index (χ2v) is 6.02. The lowest BCUT2D eigenvalue weighted by molar-refractivity contribution is 0.0950. The summed E-state index contributed by atoms with van der Waals surface area (Å²) in [5, 5.41) is 2.94. The third-order valence-electron chi connectivity index (χ3n) is 3.71. The lowest BCUT2D eigenvalue weighted by Gasteiger charge is -2.15. The average molecular weight is 400 g/mol. The topological polar surface area (TPSA) is 67.6 Å². The van der Waals surface area contributed by atoms with Crippen LogP contribution in [0.2, 0.25) is 0 Å². The summed E-state index contributed by atoms with van der Waals surface area (Å²) in [6.45, 7) is 3.74. The summed E-state index contributed by atoms with van der Waals surface area (Å²) in [6, 6.07) is 13.1. The predicted molar refractivity (Wildman–Crippen MR) is 112 cm³/mol. The van der Waals surface area contributed by atoms with Crippen LogP contribution >= 0.6 is 24.8 Å². The summed E-state index contributed by atoms with van der Waals surface area (Å²) in [6.07, 6.45) is 0. The Labute approximate surface area is 167 Å². The van der Waals surface area contributed by atoms with Gasteiger partial charge in [-0.3, -0.25) is 4.79 Å². The van der Waals surface area contributed by atoms with Gasteiger partial charge in [0.2, 0.25) is 0 Å². The number of hydrogen-bond donors (Lipinski definition) is 2. The van der Waals surface area contributed by atoms with Gasteiger partial charge in [0.15, 0.2) is 0 Å². The van der Waals surface area contributed by atoms with Crippen LogP contribution in [-0.4, -0.2) is 38.1 Å². The molecule has 0 radical (unpaired) electrons. The van der Waals surface area contributed by atoms with E-state index in [-0.39, 0.29) is 30.7 Å². The molecule has 2 aromatic rings. The van der Waals surface area contributed by atoms with Crippen molar-refractivity contribution in [3.63, 3.8) is 0 Å². The van der Waals surface area contributed by atoms with Crippen molar-refractivity contribution in [2.24, 2.45) is 0 Å². The van der Waals surface area contributed by atoms with Crippen molar-refractivity contribution in [3.05, 3.63) is 59.2 Å². The van der Waals surface area contributed by atoms with Gasteiger partial charge in [-0.05, 0) is 44.8 Å². The Bertz CT molecular complexity index is 709. The third kappa shape index (κ3) is 7.12. The first-order valence-electron chi connectivity index (χ1n) is 7.97. The molecule has 0 saturated heterocycles. The highest BCUT2D eigenvalue weighted by Crippen LogP contribution is 2.18. The number of nitrogens with one attached hydrogen (secondary N) is 1. The molecule has 0 aliphatic rings. The highest BCUT2D eigenvalue weighted by atomic mass is 35.5. The lowest BCUT2D eigenvalue weighted by atomic mass is 10.1. The van der Waals surface area contributed by atoms with E-state index in [9.17, 15) is 4.79 Å². The van der Waals surface area contributed by atoms with E-state index in [2.05, 4.69) is 10.2 Å². The molecule has 0 saturated carbocycles. The fraction of sp³-hybridized carbons (Fsp3) is 0.316. The number of nitrogens with zero attached hydrogens (tertiary/aromatic N) is 1. The Morgan fingerprint density at radius 3 is 2.54 bits per heavy atom. The molecule has 0 aliphatic carbocycles. The highest BCUT2D eigenvalue weighted by molar-refractivity contribution is 5.96. The van der Waals surface area contributed by atoms with E-state index in [0.717, 1.165) is 23.4 Å². The van der Waals surface area contributed by atoms with Crippen molar-refractivity contribution in [1.82, 2.24) is 10.2 Å². The van der Waals surface area contributed by atoms with Crippen LogP contribution in [0.4, 0.5) is 5.69 Å². The minimum atomic E-state index is -0.136. The van der Waals surface area contributed by atoms with Crippen LogP contribution in [0.3, 0.4) is 0 Å². The molecule has 0 aromatic heterocycles. The number of carbonyl (C=O) groups excluding carboxylic acids is 1. The molecule has 2 aromatic carbocycles. The number of amides is 1. The number of likely N-dealkylation sites (N-methyl/N-ethyl adjacent to an activating group) is 1. The first kappa shape index (κ1) is 24.1. The molecule has 2 rings (SSSR count). The van der Waals surface area contributed by atoms with Crippen LogP contribution in [-0.2, 0) is 6.54 Å². The number of ether oxygens (including phenoxy) is 1. The molecule has 0 bridgehead atoms. The Kier molecular flexibility index (Phi) is 10.8. The van der Waals surface area contributed by atoms with Crippen molar-refractivity contribution >= 4 is 36.4 Å². The van der Waals surface area contributed by atoms with Gasteiger partial charge in [0.1, 0.15) is 12.4 Å². The highest BCUT2D eigenvalue weighted by Gasteiger charge is 2.10. The Balaban J connectivity index is 0.00000312. The molecule has 26 heavy (non-hydrogen) atoms. The number of nitrogens with two attached hydrogens (primary N) is 1. The molecule has 0 aliphatic heterocycles. The first-order chi connectivity index (χ1) is 11.5. The normalized spacial score (nSPS) is 9.85. The molecule has 0 fully saturated rings. The molecule has 3 N–H and O–H groups in total. The number of para-hydroxylation sites is 1. The van der Waals surface area contributed by atoms with E-state index in [4.69, 9.17) is 10.5 Å². The number of nitrogen functional groups attached to an aromatic ring is 1. The van der Waals surface area contributed by atoms with Crippen molar-refractivity contribution in [2.75, 3.05) is 33.0 Å². The maximum absolute atomic E-state index is 12.4. The minimum Gasteiger partial charge on any atom is -0.492 e. The van der Waals surface area contributed by atoms with E-state index >= 15 is 0 Å². The van der Waals surface area contributed by atoms with E-state index < -0.39 is 0 Å². The number of rotatable bonds is 7. The molecule has 0 atom stereocenters. The van der Waals surface area contributed by atoms with Crippen LogP contribution < -0.4 is 15.8 Å². The zero-order chi connectivity index (χ0) is 17.5. The predicted octanol–water partition coefficient (Wildman–Crippen LogP) is 3.29. The van der Waals surface area contributed by atoms with Gasteiger partial charge in [0.25, 0.3) is 5.91 Å². The van der Waals surface area contributed by atoms with E-state index in [1.54, 1.807) is 12.1 Å². The van der Waals surface area contributed by atoms with Crippen molar-refractivity contribution in [3.8, 4) is 5.75 Å². The standard InChI is InChI=1S/C19H25N3O2.2ClH/c1-14-8-9-16(20)12-17(14)19(23)21-13-15-6-4-5-7-18(15)24-11-10-22(2)3;;/h4-9,12H,10-11,13,20H2,1-3H3,(H,21,23);2*1H. The largest absolute Gasteiger partial charge is 0.492 e. The zero-order valence-corrected chi connectivity index (χ0v) is 17.0. The lowest BCUT2D eigenvalue weighted by Crippen LogP contribution is -2.24. The molecule has 0 spiro atoms. The van der Waals surface area contributed by atoms with Gasteiger partial charge in [-0.25, -0.2) is 0 Å². The smallest absolute Gasteiger partial charge is 0.251 e. The SMILES string of the molecule is Cc1ccc(N)cc1C(=O)NCc1ccccc1OCCN(C)C.Cl.Cl. The third-order valence-corrected chi connectivity index (χ3v) is 3.71. The van der Waals surface area contributed by atoms with Crippen molar-refractivity contribution in [2.45, 2.75) is 13.5 Å². The molecular weight excluding hydrogens is 373 g/mol. The molecule has 144 valence electrons. The summed E-state index contributed by atoms with van der Waals surface area (Å²) in [7, 11) is 4.01. The molecule has 1 amide bonds. The maximum atomic E-state index is 12.4. The van der Waals surface area contributed by atoms with Gasteiger partial charge in [-0.15, -0.1) is 24.8 Å². The van der Waals surface area contributed by atoms with Crippen molar-refractivity contribution < 1.29 is 9.53 Å². The summed E-state index contributed by atoms with van der Waals surface area (Å²) in [5.74, 6) is 0.659. The number of halogens is 2. The number of hydrogen-bond acceptors (Lipinski definition) is 4. The van der Waals surface area contributed by atoms with Gasteiger partial charge in [-0.2, -0.15) is 0 Å². The summed E-state index contributed by atoms with van der Waals surface area (Å²) >= 11 is 0. The Hall–Kier alpha value is -1.95. The quantitative estimate of drug-likeness (QED) is 0.700. The number of aryl methyl sites for hydroxylation is 1. The van der Waals surface area contributed by atoms with Crippen molar-refractivity contribution in [1.29, 1.82) is 0 Å². The van der Waals surface area contributed by atoms with Crippen LogP contribution in [0.25, 0.3) is 0 Å². The van der Waals surface area contributed by atoms with Crippen LogP contribution in [0.15, 0.2) is 42.5 Å². The van der Waals surface area contributed by atoms with Gasteiger partial charge in [0, 0.05) is 29.9 Å². The van der Waals surface area contributed by atoms with Gasteiger partial charge < -0.3 is 20.7 Å². The fourth-order valence-corrected chi connectivity index (χ4v) is 2.28. The molecule has 5 nitrogen and oxygen atoms in total. The second kappa shape index (κ2) is 11.6. The van der Waals surface area contributed by atoms with Crippen LogP contribution in [0.1, 0.15) is 21.5 Å². The number of anilines is 1. The maximum Gasteiger partial charge on any atom is 0.251 e. The van der Waals surface area contributed by atoms with Gasteiger partial charge >= 0.3 is 0 Å².